The van der Waals surface area contributed by atoms with E-state index in [4.69, 9.17) is 5.41 Å². The second kappa shape index (κ2) is 26.5. The second-order valence-corrected chi connectivity index (χ2v) is 15.6. The molecule has 0 amide bonds. The van der Waals surface area contributed by atoms with Gasteiger partial charge in [-0.2, -0.15) is 0 Å². The minimum absolute atomic E-state index is 0.639. The summed E-state index contributed by atoms with van der Waals surface area (Å²) in [5.41, 5.74) is 24.7. The van der Waals surface area contributed by atoms with Crippen LogP contribution in [0.4, 0.5) is 0 Å². The standard InChI is InChI=1S/C33H28.C14H13N.C9H15N.3C2H6/c1-21-7-4-9-22(17-21)23-15-16-27-25(18-23)20-33-29(27)12-6-14-31(33)30-13-5-11-28-26-10-3-2-8-24(26)19-32(28)30;1-15-11-12-7-9-14(10-8-12)13-5-3-2-4-6-13;1-4-6-9(7-5-2)8(3)10;3*1-2/h2,4,6-9,11-12,14-18H,3,5,10,13,19-20H2,1H3;2-10H,1,11H2;4,6-7,10H,5H2,1-3H3;3*1-2H3/b;;6-4-,9-7+,10-8?;;;. The van der Waals surface area contributed by atoms with Gasteiger partial charge in [0.15, 0.2) is 0 Å². The molecule has 332 valence electrons. The van der Waals surface area contributed by atoms with Crippen molar-refractivity contribution in [3.8, 4) is 33.4 Å². The minimum atomic E-state index is 0.639. The molecular formula is C62H74N2. The lowest BCUT2D eigenvalue weighted by molar-refractivity contribution is 0.956. The van der Waals surface area contributed by atoms with E-state index >= 15 is 0 Å². The van der Waals surface area contributed by atoms with Crippen LogP contribution in [0.3, 0.4) is 0 Å². The van der Waals surface area contributed by atoms with Gasteiger partial charge < -0.3 is 5.41 Å². The number of aliphatic imine (C=N–C) groups is 1. The zero-order chi connectivity index (χ0) is 46.4. The van der Waals surface area contributed by atoms with Crippen LogP contribution in [0.5, 0.6) is 0 Å². The van der Waals surface area contributed by atoms with E-state index in [2.05, 4.69) is 159 Å². The molecule has 4 aliphatic rings. The number of benzene rings is 5. The van der Waals surface area contributed by atoms with Crippen molar-refractivity contribution in [1.82, 2.24) is 0 Å². The summed E-state index contributed by atoms with van der Waals surface area (Å²) in [6.07, 6.45) is 21.2. The van der Waals surface area contributed by atoms with E-state index in [-0.39, 0.29) is 0 Å². The summed E-state index contributed by atoms with van der Waals surface area (Å²) in [5.74, 6) is 0. The van der Waals surface area contributed by atoms with E-state index in [1.807, 2.05) is 73.6 Å². The van der Waals surface area contributed by atoms with Crippen LogP contribution in [0, 0.1) is 12.3 Å². The first-order valence-electron chi connectivity index (χ1n) is 24.0. The van der Waals surface area contributed by atoms with Crippen molar-refractivity contribution >= 4 is 18.0 Å². The summed E-state index contributed by atoms with van der Waals surface area (Å²) in [6, 6.07) is 41.7. The van der Waals surface area contributed by atoms with Crippen LogP contribution >= 0.6 is 0 Å². The summed E-state index contributed by atoms with van der Waals surface area (Å²) in [5, 5.41) is 7.34. The van der Waals surface area contributed by atoms with Gasteiger partial charge in [-0.1, -0.05) is 206 Å². The molecular weight excluding hydrogens is 773 g/mol. The number of hydrogen-bond donors (Lipinski definition) is 1. The molecule has 4 aliphatic carbocycles. The van der Waals surface area contributed by atoms with Crippen LogP contribution < -0.4 is 0 Å². The molecule has 0 bridgehead atoms. The Bertz CT molecular complexity index is 2500. The number of nitrogens with one attached hydrogen (secondary N) is 1. The van der Waals surface area contributed by atoms with E-state index in [1.165, 1.54) is 86.9 Å². The highest BCUT2D eigenvalue weighted by Crippen LogP contribution is 2.50. The second-order valence-electron chi connectivity index (χ2n) is 15.6. The van der Waals surface area contributed by atoms with E-state index in [1.54, 1.807) is 27.9 Å². The Morgan fingerprint density at radius 2 is 1.31 bits per heavy atom. The predicted molar refractivity (Wildman–Crippen MR) is 285 cm³/mol. The number of rotatable bonds is 8. The highest BCUT2D eigenvalue weighted by Gasteiger charge is 2.31. The van der Waals surface area contributed by atoms with Crippen molar-refractivity contribution in [2.24, 2.45) is 4.99 Å². The van der Waals surface area contributed by atoms with Crippen molar-refractivity contribution in [3.63, 3.8) is 0 Å². The van der Waals surface area contributed by atoms with Gasteiger partial charge in [-0.15, -0.1) is 0 Å². The number of nitrogens with zero attached hydrogens (tertiary/aromatic N) is 1. The fourth-order valence-corrected chi connectivity index (χ4v) is 8.80. The number of aryl methyl sites for hydroxylation is 1. The Hall–Kier alpha value is -6.12. The van der Waals surface area contributed by atoms with Crippen LogP contribution in [0.25, 0.3) is 39.0 Å². The summed E-state index contributed by atoms with van der Waals surface area (Å²) in [7, 11) is 0. The molecule has 0 fully saturated rings. The first-order chi connectivity index (χ1) is 31.4. The Balaban J connectivity index is 0.000000241. The molecule has 5 aromatic rings. The van der Waals surface area contributed by atoms with Crippen molar-refractivity contribution in [1.29, 1.82) is 5.41 Å². The van der Waals surface area contributed by atoms with Gasteiger partial charge in [0.05, 0.1) is 6.54 Å². The fraction of sp³-hybridized carbons (Fsp3) is 0.290. The zero-order valence-corrected chi connectivity index (χ0v) is 40.7. The normalized spacial score (nSPS) is 13.9. The lowest BCUT2D eigenvalue weighted by Crippen LogP contribution is -2.02. The average Bonchev–Trinajstić information content (AvgIpc) is 3.93. The molecule has 2 heteroatoms. The number of allylic oxidation sites excluding steroid dienone is 12. The lowest BCUT2D eigenvalue weighted by atomic mass is 9.83. The SMILES string of the molecule is C/C=C\C(=C/CC)C(C)=N.C=NCc1ccc(-c2ccccc2)cc1.CC.CC.CC.Cc1cccc(-c2ccc3c(c2)Cc2c(C4=C5CC6=C(CCC=C6)C5=CCC4)cccc2-3)c1. The molecule has 0 aliphatic heterocycles. The monoisotopic (exact) mass is 847 g/mol. The molecule has 0 heterocycles. The molecule has 2 nitrogen and oxygen atoms in total. The van der Waals surface area contributed by atoms with Crippen LogP contribution in [-0.4, -0.2) is 12.4 Å². The molecule has 0 radical (unpaired) electrons. The third-order valence-corrected chi connectivity index (χ3v) is 11.6. The molecule has 0 unspecified atom stereocenters. The smallest absolute Gasteiger partial charge is 0.0632 e. The van der Waals surface area contributed by atoms with Crippen LogP contribution in [0.2, 0.25) is 0 Å². The van der Waals surface area contributed by atoms with Gasteiger partial charge >= 0.3 is 0 Å². The quantitative estimate of drug-likeness (QED) is 0.117. The van der Waals surface area contributed by atoms with Crippen LogP contribution in [0.1, 0.15) is 129 Å². The van der Waals surface area contributed by atoms with Gasteiger partial charge in [-0.3, -0.25) is 4.99 Å². The first kappa shape index (κ1) is 50.5. The number of fused-ring (bicyclic) bond motifs is 5. The molecule has 0 aromatic heterocycles. The maximum atomic E-state index is 7.34. The van der Waals surface area contributed by atoms with Crippen LogP contribution in [0.15, 0.2) is 185 Å². The van der Waals surface area contributed by atoms with Gasteiger partial charge in [-0.25, -0.2) is 0 Å². The van der Waals surface area contributed by atoms with E-state index in [9.17, 15) is 0 Å². The maximum absolute atomic E-state index is 7.34. The van der Waals surface area contributed by atoms with Gasteiger partial charge in [0, 0.05) is 5.71 Å². The Morgan fingerprint density at radius 1 is 0.672 bits per heavy atom. The predicted octanol–water partition coefficient (Wildman–Crippen LogP) is 18.3. The molecule has 64 heavy (non-hydrogen) atoms. The largest absolute Gasteiger partial charge is 0.305 e. The third kappa shape index (κ3) is 12.8. The van der Waals surface area contributed by atoms with Gasteiger partial charge in [-0.05, 0) is 162 Å². The molecule has 9 rings (SSSR count). The Morgan fingerprint density at radius 3 is 1.98 bits per heavy atom. The van der Waals surface area contributed by atoms with Crippen molar-refractivity contribution in [3.05, 3.63) is 207 Å². The van der Waals surface area contributed by atoms with E-state index in [0.29, 0.717) is 12.3 Å². The first-order valence-corrected chi connectivity index (χ1v) is 24.0. The van der Waals surface area contributed by atoms with Crippen molar-refractivity contribution < 1.29 is 0 Å². The molecule has 5 aromatic carbocycles. The Kier molecular flexibility index (Phi) is 20.9. The summed E-state index contributed by atoms with van der Waals surface area (Å²) in [6.45, 7) is 24.2. The molecule has 1 N–H and O–H groups in total. The topological polar surface area (TPSA) is 36.2 Å². The number of hydrogen-bond acceptors (Lipinski definition) is 2. The molecule has 0 spiro atoms. The average molecular weight is 847 g/mol. The highest BCUT2D eigenvalue weighted by atomic mass is 14.7. The maximum Gasteiger partial charge on any atom is 0.0632 e. The third-order valence-electron chi connectivity index (χ3n) is 11.6. The van der Waals surface area contributed by atoms with Crippen LogP contribution in [-0.2, 0) is 13.0 Å². The van der Waals surface area contributed by atoms with Crippen molar-refractivity contribution in [2.75, 3.05) is 0 Å². The molecule has 0 atom stereocenters. The summed E-state index contributed by atoms with van der Waals surface area (Å²) >= 11 is 0. The van der Waals surface area contributed by atoms with E-state index < -0.39 is 0 Å². The van der Waals surface area contributed by atoms with Crippen molar-refractivity contribution in [2.45, 2.75) is 121 Å². The molecule has 0 saturated carbocycles. The Labute approximate surface area is 388 Å². The van der Waals surface area contributed by atoms with Gasteiger partial charge in [0.25, 0.3) is 0 Å². The fourth-order valence-electron chi connectivity index (χ4n) is 8.80. The zero-order valence-electron chi connectivity index (χ0n) is 40.7. The lowest BCUT2D eigenvalue weighted by Gasteiger charge is -2.21. The summed E-state index contributed by atoms with van der Waals surface area (Å²) in [4.78, 5) is 3.86. The van der Waals surface area contributed by atoms with Gasteiger partial charge in [0.2, 0.25) is 0 Å². The highest BCUT2D eigenvalue weighted by molar-refractivity contribution is 5.98. The van der Waals surface area contributed by atoms with Gasteiger partial charge in [0.1, 0.15) is 0 Å². The summed E-state index contributed by atoms with van der Waals surface area (Å²) < 4.78 is 0. The van der Waals surface area contributed by atoms with E-state index in [0.717, 1.165) is 24.8 Å². The minimum Gasteiger partial charge on any atom is -0.305 e. The molecule has 0 saturated heterocycles.